The lowest BCUT2D eigenvalue weighted by Crippen LogP contribution is -2.04. The summed E-state index contributed by atoms with van der Waals surface area (Å²) in [7, 11) is 2.01. The van der Waals surface area contributed by atoms with Crippen molar-refractivity contribution in [2.24, 2.45) is 7.05 Å². The summed E-state index contributed by atoms with van der Waals surface area (Å²) in [5, 5.41) is 4.40. The van der Waals surface area contributed by atoms with Gasteiger partial charge in [-0.15, -0.1) is 0 Å². The summed E-state index contributed by atoms with van der Waals surface area (Å²) in [6.45, 7) is 2.13. The van der Waals surface area contributed by atoms with Gasteiger partial charge in [0.25, 0.3) is 0 Å². The molecule has 1 aromatic rings. The summed E-state index contributed by atoms with van der Waals surface area (Å²) in [6, 6.07) is 0. The Balaban J connectivity index is 2.18. The van der Waals surface area contributed by atoms with E-state index in [0.717, 1.165) is 5.92 Å². The summed E-state index contributed by atoms with van der Waals surface area (Å²) >= 11 is 0. The van der Waals surface area contributed by atoms with E-state index in [2.05, 4.69) is 18.2 Å². The number of rotatable bonds is 1. The highest BCUT2D eigenvalue weighted by Crippen LogP contribution is 2.33. The molecule has 0 aliphatic heterocycles. The Morgan fingerprint density at radius 3 is 2.54 bits per heavy atom. The molecule has 1 aliphatic carbocycles. The molecule has 1 fully saturated rings. The Morgan fingerprint density at radius 1 is 1.31 bits per heavy atom. The molecule has 1 aliphatic rings. The molecule has 2 rings (SSSR count). The van der Waals surface area contributed by atoms with Crippen LogP contribution in [0, 0.1) is 6.92 Å². The molecule has 1 saturated carbocycles. The maximum atomic E-state index is 4.40. The molecule has 0 unspecified atom stereocenters. The van der Waals surface area contributed by atoms with Gasteiger partial charge in [0.05, 0.1) is 5.69 Å². The Morgan fingerprint density at radius 2 is 2.00 bits per heavy atom. The molecular weight excluding hydrogens is 160 g/mol. The van der Waals surface area contributed by atoms with Crippen molar-refractivity contribution in [2.45, 2.75) is 44.9 Å². The lowest BCUT2D eigenvalue weighted by atomic mass is 9.84. The summed E-state index contributed by atoms with van der Waals surface area (Å²) in [5.74, 6) is 0.794. The SMILES string of the molecule is Cc1nn(C)cc1C1CCCCC1. The lowest BCUT2D eigenvalue weighted by Gasteiger charge is -2.20. The van der Waals surface area contributed by atoms with Gasteiger partial charge >= 0.3 is 0 Å². The first-order valence-corrected chi connectivity index (χ1v) is 5.27. The van der Waals surface area contributed by atoms with E-state index in [0.29, 0.717) is 0 Å². The molecule has 0 saturated heterocycles. The van der Waals surface area contributed by atoms with Crippen LogP contribution in [0.3, 0.4) is 0 Å². The van der Waals surface area contributed by atoms with Gasteiger partial charge in [-0.1, -0.05) is 19.3 Å². The van der Waals surface area contributed by atoms with Gasteiger partial charge in [-0.05, 0) is 31.2 Å². The molecule has 0 bridgehead atoms. The highest BCUT2D eigenvalue weighted by molar-refractivity contribution is 5.20. The van der Waals surface area contributed by atoms with Gasteiger partial charge in [0.2, 0.25) is 0 Å². The fourth-order valence-electron chi connectivity index (χ4n) is 2.43. The van der Waals surface area contributed by atoms with Crippen LogP contribution >= 0.6 is 0 Å². The van der Waals surface area contributed by atoms with E-state index in [-0.39, 0.29) is 0 Å². The van der Waals surface area contributed by atoms with Crippen LogP contribution in [0.4, 0.5) is 0 Å². The van der Waals surface area contributed by atoms with Crippen molar-refractivity contribution in [3.63, 3.8) is 0 Å². The predicted octanol–water partition coefficient (Wildman–Crippen LogP) is 2.78. The Kier molecular flexibility index (Phi) is 2.38. The molecular formula is C11H18N2. The molecule has 1 aromatic heterocycles. The second-order valence-electron chi connectivity index (χ2n) is 4.18. The predicted molar refractivity (Wildman–Crippen MR) is 53.8 cm³/mol. The minimum atomic E-state index is 0.794. The molecule has 2 nitrogen and oxygen atoms in total. The zero-order valence-corrected chi connectivity index (χ0v) is 8.58. The molecule has 72 valence electrons. The highest BCUT2D eigenvalue weighted by atomic mass is 15.2. The van der Waals surface area contributed by atoms with E-state index in [9.17, 15) is 0 Å². The maximum absolute atomic E-state index is 4.40. The minimum absolute atomic E-state index is 0.794. The standard InChI is InChI=1S/C11H18N2/c1-9-11(8-13(2)12-9)10-6-4-3-5-7-10/h8,10H,3-7H2,1-2H3. The van der Waals surface area contributed by atoms with Crippen LogP contribution in [0.25, 0.3) is 0 Å². The third kappa shape index (κ3) is 1.77. The van der Waals surface area contributed by atoms with Crippen molar-refractivity contribution in [1.29, 1.82) is 0 Å². The number of aryl methyl sites for hydroxylation is 2. The summed E-state index contributed by atoms with van der Waals surface area (Å²) in [5.41, 5.74) is 2.72. The van der Waals surface area contributed by atoms with Crippen LogP contribution < -0.4 is 0 Å². The van der Waals surface area contributed by atoms with Gasteiger partial charge < -0.3 is 0 Å². The third-order valence-electron chi connectivity index (χ3n) is 3.10. The maximum Gasteiger partial charge on any atom is 0.0628 e. The third-order valence-corrected chi connectivity index (χ3v) is 3.10. The monoisotopic (exact) mass is 178 g/mol. The number of hydrogen-bond donors (Lipinski definition) is 0. The first-order chi connectivity index (χ1) is 6.27. The van der Waals surface area contributed by atoms with Gasteiger partial charge in [0, 0.05) is 13.2 Å². The van der Waals surface area contributed by atoms with Gasteiger partial charge in [0.1, 0.15) is 0 Å². The molecule has 2 heteroatoms. The molecule has 0 amide bonds. The second kappa shape index (κ2) is 3.52. The smallest absolute Gasteiger partial charge is 0.0628 e. The van der Waals surface area contributed by atoms with Gasteiger partial charge in [-0.25, -0.2) is 0 Å². The van der Waals surface area contributed by atoms with Crippen LogP contribution in [0.2, 0.25) is 0 Å². The lowest BCUT2D eigenvalue weighted by molar-refractivity contribution is 0.442. The van der Waals surface area contributed by atoms with E-state index in [1.807, 2.05) is 11.7 Å². The molecule has 0 radical (unpaired) electrons. The van der Waals surface area contributed by atoms with Crippen molar-refractivity contribution in [3.8, 4) is 0 Å². The number of nitrogens with zero attached hydrogens (tertiary/aromatic N) is 2. The number of aromatic nitrogens is 2. The highest BCUT2D eigenvalue weighted by Gasteiger charge is 2.18. The van der Waals surface area contributed by atoms with E-state index < -0.39 is 0 Å². The Bertz CT molecular complexity index is 282. The largest absolute Gasteiger partial charge is 0.275 e. The van der Waals surface area contributed by atoms with Crippen LogP contribution in [0.5, 0.6) is 0 Å². The minimum Gasteiger partial charge on any atom is -0.275 e. The summed E-state index contributed by atoms with van der Waals surface area (Å²) in [6.07, 6.45) is 9.16. The molecule has 0 atom stereocenters. The zero-order chi connectivity index (χ0) is 9.26. The van der Waals surface area contributed by atoms with Crippen molar-refractivity contribution in [1.82, 2.24) is 9.78 Å². The van der Waals surface area contributed by atoms with Gasteiger partial charge in [-0.2, -0.15) is 5.10 Å². The normalized spacial score (nSPS) is 19.2. The molecule has 0 spiro atoms. The van der Waals surface area contributed by atoms with Gasteiger partial charge in [0.15, 0.2) is 0 Å². The zero-order valence-electron chi connectivity index (χ0n) is 8.58. The van der Waals surface area contributed by atoms with E-state index in [1.165, 1.54) is 43.4 Å². The Hall–Kier alpha value is -0.790. The second-order valence-corrected chi connectivity index (χ2v) is 4.18. The van der Waals surface area contributed by atoms with E-state index in [4.69, 9.17) is 0 Å². The van der Waals surface area contributed by atoms with Crippen molar-refractivity contribution >= 4 is 0 Å². The van der Waals surface area contributed by atoms with Crippen LogP contribution in [0.1, 0.15) is 49.3 Å². The van der Waals surface area contributed by atoms with E-state index in [1.54, 1.807) is 0 Å². The van der Waals surface area contributed by atoms with E-state index >= 15 is 0 Å². The van der Waals surface area contributed by atoms with Crippen LogP contribution in [0.15, 0.2) is 6.20 Å². The molecule has 0 aromatic carbocycles. The average molecular weight is 178 g/mol. The average Bonchev–Trinajstić information content (AvgIpc) is 2.47. The molecule has 0 N–H and O–H groups in total. The van der Waals surface area contributed by atoms with Crippen LogP contribution in [-0.2, 0) is 7.05 Å². The fourth-order valence-corrected chi connectivity index (χ4v) is 2.43. The molecule has 1 heterocycles. The molecule has 13 heavy (non-hydrogen) atoms. The topological polar surface area (TPSA) is 17.8 Å². The quantitative estimate of drug-likeness (QED) is 0.646. The van der Waals surface area contributed by atoms with Crippen LogP contribution in [-0.4, -0.2) is 9.78 Å². The van der Waals surface area contributed by atoms with Crippen molar-refractivity contribution in [3.05, 3.63) is 17.5 Å². The Labute approximate surface area is 80.0 Å². The first kappa shape index (κ1) is 8.79. The fraction of sp³-hybridized carbons (Fsp3) is 0.727. The summed E-state index contributed by atoms with van der Waals surface area (Å²) in [4.78, 5) is 0. The van der Waals surface area contributed by atoms with Gasteiger partial charge in [-0.3, -0.25) is 4.68 Å². The number of hydrogen-bond acceptors (Lipinski definition) is 1. The summed E-state index contributed by atoms with van der Waals surface area (Å²) < 4.78 is 1.94. The first-order valence-electron chi connectivity index (χ1n) is 5.27. The van der Waals surface area contributed by atoms with Crippen molar-refractivity contribution in [2.75, 3.05) is 0 Å². The van der Waals surface area contributed by atoms with Crippen molar-refractivity contribution < 1.29 is 0 Å².